The van der Waals surface area contributed by atoms with Crippen molar-refractivity contribution in [2.45, 2.75) is 37.6 Å². The average molecular weight is 370 g/mol. The molecule has 1 atom stereocenters. The summed E-state index contributed by atoms with van der Waals surface area (Å²) in [5.74, 6) is 0.282. The van der Waals surface area contributed by atoms with Crippen LogP contribution in [0.25, 0.3) is 10.9 Å². The van der Waals surface area contributed by atoms with Crippen LogP contribution >= 0.6 is 0 Å². The van der Waals surface area contributed by atoms with Gasteiger partial charge in [-0.05, 0) is 43.9 Å². The maximum atomic E-state index is 11.1. The molecule has 1 N–H and O–H groups in total. The summed E-state index contributed by atoms with van der Waals surface area (Å²) >= 11 is 0. The molecule has 2 saturated heterocycles. The van der Waals surface area contributed by atoms with Crippen molar-refractivity contribution in [3.8, 4) is 0 Å². The van der Waals surface area contributed by atoms with Crippen molar-refractivity contribution in [1.29, 1.82) is 0 Å². The maximum Gasteiger partial charge on any atom is 0.407 e. The molecule has 0 spiro atoms. The molecule has 2 aliphatic rings. The quantitative estimate of drug-likeness (QED) is 0.891. The molecule has 4 rings (SSSR count). The summed E-state index contributed by atoms with van der Waals surface area (Å²) in [6, 6.07) is 6.87. The summed E-state index contributed by atoms with van der Waals surface area (Å²) in [6.07, 6.45) is 4.76. The number of hydrogen-bond acceptors (Lipinski definition) is 5. The number of aromatic nitrogens is 2. The fourth-order valence-corrected chi connectivity index (χ4v) is 4.46. The van der Waals surface area contributed by atoms with Crippen LogP contribution < -0.4 is 4.90 Å². The van der Waals surface area contributed by atoms with Gasteiger partial charge in [0.05, 0.1) is 23.9 Å². The van der Waals surface area contributed by atoms with E-state index in [0.717, 1.165) is 49.0 Å². The summed E-state index contributed by atoms with van der Waals surface area (Å²) in [5, 5.41) is 10.2. The van der Waals surface area contributed by atoms with E-state index < -0.39 is 6.09 Å². The molecule has 144 valence electrons. The normalized spacial score (nSPS) is 21.1. The number of hydrogen-bond donors (Lipinski definition) is 1. The highest BCUT2D eigenvalue weighted by atomic mass is 16.5. The molecule has 0 unspecified atom stereocenters. The van der Waals surface area contributed by atoms with Crippen molar-refractivity contribution in [2.75, 3.05) is 38.3 Å². The molecule has 0 aliphatic carbocycles. The third-order valence-corrected chi connectivity index (χ3v) is 5.87. The van der Waals surface area contributed by atoms with Crippen LogP contribution in [0.4, 0.5) is 10.5 Å². The number of methoxy groups -OCH3 is 1. The largest absolute Gasteiger partial charge is 0.465 e. The maximum absolute atomic E-state index is 11.1. The Morgan fingerprint density at radius 3 is 2.78 bits per heavy atom. The van der Waals surface area contributed by atoms with Crippen LogP contribution in [0.3, 0.4) is 0 Å². The van der Waals surface area contributed by atoms with Gasteiger partial charge in [-0.3, -0.25) is 0 Å². The van der Waals surface area contributed by atoms with Gasteiger partial charge >= 0.3 is 6.09 Å². The number of fused-ring (bicyclic) bond motifs is 1. The molecule has 2 fully saturated rings. The van der Waals surface area contributed by atoms with E-state index in [1.807, 2.05) is 0 Å². The predicted molar refractivity (Wildman–Crippen MR) is 103 cm³/mol. The number of ether oxygens (including phenoxy) is 1. The van der Waals surface area contributed by atoms with Crippen molar-refractivity contribution in [2.24, 2.45) is 0 Å². The van der Waals surface area contributed by atoms with E-state index in [2.05, 4.69) is 33.1 Å². The van der Waals surface area contributed by atoms with E-state index in [-0.39, 0.29) is 5.92 Å². The minimum Gasteiger partial charge on any atom is -0.465 e. The smallest absolute Gasteiger partial charge is 0.407 e. The van der Waals surface area contributed by atoms with Gasteiger partial charge in [0.2, 0.25) is 0 Å². The van der Waals surface area contributed by atoms with E-state index >= 15 is 0 Å². The lowest BCUT2D eigenvalue weighted by Gasteiger charge is -2.30. The first-order valence-electron chi connectivity index (χ1n) is 9.65. The molecule has 1 aromatic carbocycles. The molecular formula is C20H26N4O3. The third kappa shape index (κ3) is 3.56. The number of nitrogens with zero attached hydrogens (tertiary/aromatic N) is 4. The van der Waals surface area contributed by atoms with Crippen LogP contribution in [0.1, 0.15) is 37.3 Å². The SMILES string of the molecule is COC[C@H]1CCCN1c1ccc2c(C3CCN(C(=O)O)CC3)ncnc2c1. The van der Waals surface area contributed by atoms with Gasteiger partial charge in [-0.15, -0.1) is 0 Å². The molecule has 27 heavy (non-hydrogen) atoms. The lowest BCUT2D eigenvalue weighted by molar-refractivity contribution is 0.132. The number of carboxylic acid groups (broad SMARTS) is 1. The summed E-state index contributed by atoms with van der Waals surface area (Å²) in [5.41, 5.74) is 3.19. The van der Waals surface area contributed by atoms with E-state index in [1.165, 1.54) is 17.0 Å². The zero-order valence-corrected chi connectivity index (χ0v) is 15.7. The highest BCUT2D eigenvalue weighted by Crippen LogP contribution is 2.33. The number of piperidine rings is 1. The van der Waals surface area contributed by atoms with E-state index in [9.17, 15) is 4.79 Å². The molecule has 2 aromatic rings. The van der Waals surface area contributed by atoms with E-state index in [0.29, 0.717) is 19.1 Å². The van der Waals surface area contributed by atoms with Gasteiger partial charge in [0, 0.05) is 43.7 Å². The fraction of sp³-hybridized carbons (Fsp3) is 0.550. The number of likely N-dealkylation sites (tertiary alicyclic amines) is 1. The molecule has 0 saturated carbocycles. The van der Waals surface area contributed by atoms with Crippen LogP contribution in [0, 0.1) is 0 Å². The van der Waals surface area contributed by atoms with Crippen LogP contribution in [0.5, 0.6) is 0 Å². The molecule has 1 aromatic heterocycles. The number of carbonyl (C=O) groups is 1. The summed E-state index contributed by atoms with van der Waals surface area (Å²) in [6.45, 7) is 2.92. The van der Waals surface area contributed by atoms with Crippen molar-refractivity contribution in [3.63, 3.8) is 0 Å². The second kappa shape index (κ2) is 7.68. The zero-order valence-electron chi connectivity index (χ0n) is 15.7. The molecule has 2 aliphatic heterocycles. The number of anilines is 1. The summed E-state index contributed by atoms with van der Waals surface area (Å²) in [7, 11) is 1.76. The molecule has 0 radical (unpaired) electrons. The van der Waals surface area contributed by atoms with E-state index in [1.54, 1.807) is 13.4 Å². The van der Waals surface area contributed by atoms with Crippen LogP contribution in [0.15, 0.2) is 24.5 Å². The summed E-state index contributed by atoms with van der Waals surface area (Å²) in [4.78, 5) is 24.1. The molecular weight excluding hydrogens is 344 g/mol. The van der Waals surface area contributed by atoms with Crippen molar-refractivity contribution < 1.29 is 14.6 Å². The second-order valence-corrected chi connectivity index (χ2v) is 7.45. The molecule has 7 nitrogen and oxygen atoms in total. The predicted octanol–water partition coefficient (Wildman–Crippen LogP) is 3.10. The fourth-order valence-electron chi connectivity index (χ4n) is 4.46. The molecule has 3 heterocycles. The summed E-state index contributed by atoms with van der Waals surface area (Å²) < 4.78 is 5.38. The highest BCUT2D eigenvalue weighted by molar-refractivity contribution is 5.84. The molecule has 1 amide bonds. The Balaban J connectivity index is 1.59. The zero-order chi connectivity index (χ0) is 18.8. The Bertz CT molecular complexity index is 820. The van der Waals surface area contributed by atoms with Crippen LogP contribution in [0.2, 0.25) is 0 Å². The second-order valence-electron chi connectivity index (χ2n) is 7.45. The molecule has 7 heteroatoms. The average Bonchev–Trinajstić information content (AvgIpc) is 3.16. The number of amides is 1. The van der Waals surface area contributed by atoms with Gasteiger partial charge < -0.3 is 19.6 Å². The van der Waals surface area contributed by atoms with Gasteiger partial charge in [-0.2, -0.15) is 0 Å². The Morgan fingerprint density at radius 2 is 2.04 bits per heavy atom. The Morgan fingerprint density at radius 1 is 1.22 bits per heavy atom. The monoisotopic (exact) mass is 370 g/mol. The lowest BCUT2D eigenvalue weighted by atomic mass is 9.91. The van der Waals surface area contributed by atoms with Crippen molar-refractivity contribution >= 4 is 22.7 Å². The first kappa shape index (κ1) is 18.0. The van der Waals surface area contributed by atoms with Crippen LogP contribution in [-0.2, 0) is 4.74 Å². The number of benzene rings is 1. The van der Waals surface area contributed by atoms with Gasteiger partial charge in [0.1, 0.15) is 6.33 Å². The minimum absolute atomic E-state index is 0.282. The van der Waals surface area contributed by atoms with Gasteiger partial charge in [0.15, 0.2) is 0 Å². The minimum atomic E-state index is -0.832. The molecule has 0 bridgehead atoms. The Labute approximate surface area is 159 Å². The lowest BCUT2D eigenvalue weighted by Crippen LogP contribution is -2.37. The van der Waals surface area contributed by atoms with E-state index in [4.69, 9.17) is 9.84 Å². The van der Waals surface area contributed by atoms with Gasteiger partial charge in [0.25, 0.3) is 0 Å². The van der Waals surface area contributed by atoms with Crippen molar-refractivity contribution in [1.82, 2.24) is 14.9 Å². The Hall–Kier alpha value is -2.41. The Kier molecular flexibility index (Phi) is 5.11. The van der Waals surface area contributed by atoms with Gasteiger partial charge in [-0.25, -0.2) is 14.8 Å². The standard InChI is InChI=1S/C20H26N4O3/c1-27-12-16-3-2-8-24(16)15-4-5-17-18(11-15)21-13-22-19(17)14-6-9-23(10-7-14)20(25)26/h4-5,11,13-14,16H,2-3,6-10,12H2,1H3,(H,25,26)/t16-/m1/s1. The van der Waals surface area contributed by atoms with Crippen molar-refractivity contribution in [3.05, 3.63) is 30.2 Å². The first-order valence-corrected chi connectivity index (χ1v) is 9.65. The number of rotatable bonds is 4. The third-order valence-electron chi connectivity index (χ3n) is 5.87. The van der Waals surface area contributed by atoms with Crippen LogP contribution in [-0.4, -0.2) is 65.5 Å². The topological polar surface area (TPSA) is 78.8 Å². The highest BCUT2D eigenvalue weighted by Gasteiger charge is 2.27. The van der Waals surface area contributed by atoms with Gasteiger partial charge in [-0.1, -0.05) is 0 Å². The first-order chi connectivity index (χ1) is 13.2.